The Hall–Kier alpha value is -0.790. The van der Waals surface area contributed by atoms with Gasteiger partial charge in [0.1, 0.15) is 6.29 Å². The van der Waals surface area contributed by atoms with Crippen molar-refractivity contribution in [1.29, 1.82) is 0 Å². The SMILES string of the molecule is NC1=C(CC=O)CCCC1. The van der Waals surface area contributed by atoms with E-state index in [0.717, 1.165) is 24.8 Å². The van der Waals surface area contributed by atoms with Crippen LogP contribution >= 0.6 is 0 Å². The monoisotopic (exact) mass is 139 g/mol. The van der Waals surface area contributed by atoms with E-state index < -0.39 is 0 Å². The second kappa shape index (κ2) is 3.40. The summed E-state index contributed by atoms with van der Waals surface area (Å²) in [6.07, 6.45) is 5.89. The average molecular weight is 139 g/mol. The Morgan fingerprint density at radius 2 is 2.10 bits per heavy atom. The number of nitrogens with two attached hydrogens (primary N) is 1. The lowest BCUT2D eigenvalue weighted by Crippen LogP contribution is -2.07. The fourth-order valence-corrected chi connectivity index (χ4v) is 1.32. The third kappa shape index (κ3) is 1.59. The molecular formula is C8H13NO. The summed E-state index contributed by atoms with van der Waals surface area (Å²) in [7, 11) is 0. The van der Waals surface area contributed by atoms with Crippen molar-refractivity contribution >= 4 is 6.29 Å². The highest BCUT2D eigenvalue weighted by Gasteiger charge is 2.08. The van der Waals surface area contributed by atoms with Crippen LogP contribution in [0.15, 0.2) is 11.3 Å². The Balaban J connectivity index is 2.58. The van der Waals surface area contributed by atoms with Gasteiger partial charge < -0.3 is 10.5 Å². The van der Waals surface area contributed by atoms with E-state index in [1.807, 2.05) is 0 Å². The van der Waals surface area contributed by atoms with Gasteiger partial charge in [-0.15, -0.1) is 0 Å². The molecule has 1 aliphatic carbocycles. The Labute approximate surface area is 61.1 Å². The van der Waals surface area contributed by atoms with Crippen LogP contribution < -0.4 is 5.73 Å². The van der Waals surface area contributed by atoms with E-state index in [4.69, 9.17) is 5.73 Å². The van der Waals surface area contributed by atoms with Gasteiger partial charge in [-0.3, -0.25) is 0 Å². The van der Waals surface area contributed by atoms with E-state index in [0.29, 0.717) is 6.42 Å². The smallest absolute Gasteiger partial charge is 0.124 e. The van der Waals surface area contributed by atoms with Gasteiger partial charge in [-0.1, -0.05) is 0 Å². The van der Waals surface area contributed by atoms with Crippen molar-refractivity contribution in [3.8, 4) is 0 Å². The van der Waals surface area contributed by atoms with Gasteiger partial charge in [0.2, 0.25) is 0 Å². The van der Waals surface area contributed by atoms with Crippen LogP contribution in [0, 0.1) is 0 Å². The molecule has 0 fully saturated rings. The molecule has 1 aliphatic rings. The van der Waals surface area contributed by atoms with Crippen LogP contribution in [0.5, 0.6) is 0 Å². The number of hydrogen-bond acceptors (Lipinski definition) is 2. The Morgan fingerprint density at radius 1 is 1.40 bits per heavy atom. The Kier molecular flexibility index (Phi) is 2.49. The van der Waals surface area contributed by atoms with Crippen molar-refractivity contribution < 1.29 is 4.79 Å². The van der Waals surface area contributed by atoms with Crippen LogP contribution in [0.2, 0.25) is 0 Å². The molecule has 2 heteroatoms. The minimum Gasteiger partial charge on any atom is -0.402 e. The summed E-state index contributed by atoms with van der Waals surface area (Å²) in [6.45, 7) is 0. The summed E-state index contributed by atoms with van der Waals surface area (Å²) in [6, 6.07) is 0. The maximum atomic E-state index is 10.1. The molecule has 0 aromatic carbocycles. The highest BCUT2D eigenvalue weighted by molar-refractivity contribution is 5.54. The molecule has 0 aromatic rings. The van der Waals surface area contributed by atoms with Crippen LogP contribution in [0.4, 0.5) is 0 Å². The van der Waals surface area contributed by atoms with Crippen molar-refractivity contribution in [1.82, 2.24) is 0 Å². The second-order valence-corrected chi connectivity index (χ2v) is 2.71. The van der Waals surface area contributed by atoms with Gasteiger partial charge in [0.25, 0.3) is 0 Å². The molecule has 0 unspecified atom stereocenters. The van der Waals surface area contributed by atoms with Gasteiger partial charge in [0, 0.05) is 12.1 Å². The second-order valence-electron chi connectivity index (χ2n) is 2.71. The average Bonchev–Trinajstić information content (AvgIpc) is 1.94. The van der Waals surface area contributed by atoms with Gasteiger partial charge in [-0.05, 0) is 31.3 Å². The lowest BCUT2D eigenvalue weighted by atomic mass is 9.95. The molecule has 0 aromatic heterocycles. The highest BCUT2D eigenvalue weighted by Crippen LogP contribution is 2.22. The van der Waals surface area contributed by atoms with Crippen LogP contribution in [0.1, 0.15) is 32.1 Å². The Morgan fingerprint density at radius 3 is 2.70 bits per heavy atom. The number of aldehydes is 1. The zero-order chi connectivity index (χ0) is 7.40. The zero-order valence-electron chi connectivity index (χ0n) is 6.10. The quantitative estimate of drug-likeness (QED) is 0.587. The maximum Gasteiger partial charge on any atom is 0.124 e. The molecule has 0 amide bonds. The number of allylic oxidation sites excluding steroid dienone is 2. The van der Waals surface area contributed by atoms with Gasteiger partial charge in [-0.2, -0.15) is 0 Å². The molecule has 0 aliphatic heterocycles. The lowest BCUT2D eigenvalue weighted by molar-refractivity contribution is -0.107. The standard InChI is InChI=1S/C8H13NO/c9-8-4-2-1-3-7(8)5-6-10/h6H,1-5,9H2. The fraction of sp³-hybridized carbons (Fsp3) is 0.625. The van der Waals surface area contributed by atoms with E-state index in [1.165, 1.54) is 18.4 Å². The number of carbonyl (C=O) groups excluding carboxylic acids is 1. The van der Waals surface area contributed by atoms with Gasteiger partial charge in [0.05, 0.1) is 0 Å². The summed E-state index contributed by atoms with van der Waals surface area (Å²) in [5, 5.41) is 0. The summed E-state index contributed by atoms with van der Waals surface area (Å²) in [5.74, 6) is 0. The number of carbonyl (C=O) groups is 1. The first-order valence-corrected chi connectivity index (χ1v) is 3.74. The van der Waals surface area contributed by atoms with Crippen LogP contribution in [0.3, 0.4) is 0 Å². The molecule has 0 saturated heterocycles. The van der Waals surface area contributed by atoms with Crippen molar-refractivity contribution in [2.24, 2.45) is 5.73 Å². The van der Waals surface area contributed by atoms with Gasteiger partial charge in [-0.25, -0.2) is 0 Å². The number of hydrogen-bond donors (Lipinski definition) is 1. The molecule has 0 radical (unpaired) electrons. The van der Waals surface area contributed by atoms with Crippen LogP contribution in [-0.2, 0) is 4.79 Å². The maximum absolute atomic E-state index is 10.1. The molecule has 56 valence electrons. The molecule has 0 heterocycles. The minimum absolute atomic E-state index is 0.547. The molecular weight excluding hydrogens is 126 g/mol. The molecule has 2 N–H and O–H groups in total. The molecule has 0 bridgehead atoms. The Bertz CT molecular complexity index is 161. The first-order valence-electron chi connectivity index (χ1n) is 3.74. The molecule has 0 saturated carbocycles. The van der Waals surface area contributed by atoms with Gasteiger partial charge in [0.15, 0.2) is 0 Å². The lowest BCUT2D eigenvalue weighted by Gasteiger charge is -2.14. The van der Waals surface area contributed by atoms with Crippen molar-refractivity contribution in [3.05, 3.63) is 11.3 Å². The molecule has 0 atom stereocenters. The fourth-order valence-electron chi connectivity index (χ4n) is 1.32. The molecule has 0 spiro atoms. The number of rotatable bonds is 2. The van der Waals surface area contributed by atoms with Crippen molar-refractivity contribution in [2.45, 2.75) is 32.1 Å². The first-order chi connectivity index (χ1) is 4.84. The highest BCUT2D eigenvalue weighted by atomic mass is 16.1. The van der Waals surface area contributed by atoms with E-state index in [2.05, 4.69) is 0 Å². The van der Waals surface area contributed by atoms with Crippen molar-refractivity contribution in [3.63, 3.8) is 0 Å². The molecule has 10 heavy (non-hydrogen) atoms. The van der Waals surface area contributed by atoms with E-state index in [1.54, 1.807) is 0 Å². The van der Waals surface area contributed by atoms with E-state index >= 15 is 0 Å². The summed E-state index contributed by atoms with van der Waals surface area (Å²) < 4.78 is 0. The normalized spacial score (nSPS) is 19.2. The topological polar surface area (TPSA) is 43.1 Å². The summed E-state index contributed by atoms with van der Waals surface area (Å²) >= 11 is 0. The zero-order valence-corrected chi connectivity index (χ0v) is 6.10. The van der Waals surface area contributed by atoms with E-state index in [-0.39, 0.29) is 0 Å². The predicted molar refractivity (Wildman–Crippen MR) is 40.4 cm³/mol. The van der Waals surface area contributed by atoms with Crippen LogP contribution in [-0.4, -0.2) is 6.29 Å². The van der Waals surface area contributed by atoms with Crippen molar-refractivity contribution in [2.75, 3.05) is 0 Å². The minimum atomic E-state index is 0.547. The largest absolute Gasteiger partial charge is 0.402 e. The first kappa shape index (κ1) is 7.32. The van der Waals surface area contributed by atoms with Crippen LogP contribution in [0.25, 0.3) is 0 Å². The molecule has 1 rings (SSSR count). The summed E-state index contributed by atoms with van der Waals surface area (Å²) in [5.41, 5.74) is 7.81. The summed E-state index contributed by atoms with van der Waals surface area (Å²) in [4.78, 5) is 10.1. The molecule has 2 nitrogen and oxygen atoms in total. The van der Waals surface area contributed by atoms with Gasteiger partial charge >= 0.3 is 0 Å². The van der Waals surface area contributed by atoms with E-state index in [9.17, 15) is 4.79 Å². The third-order valence-electron chi connectivity index (χ3n) is 1.96. The predicted octanol–water partition coefficient (Wildman–Crippen LogP) is 1.36. The third-order valence-corrected chi connectivity index (χ3v) is 1.96.